The van der Waals surface area contributed by atoms with Crippen molar-refractivity contribution in [1.82, 2.24) is 19.9 Å². The zero-order valence-corrected chi connectivity index (χ0v) is 12.7. The SMILES string of the molecule is Brc1cnc(Nc2cnc3[nH]ccc3c2)nc1NC1CC1. The molecule has 3 heterocycles. The van der Waals surface area contributed by atoms with E-state index >= 15 is 0 Å². The molecule has 0 aromatic carbocycles. The molecule has 106 valence electrons. The van der Waals surface area contributed by atoms with E-state index < -0.39 is 0 Å². The number of nitrogens with one attached hydrogen (secondary N) is 3. The highest BCUT2D eigenvalue weighted by Gasteiger charge is 2.22. The first-order valence-electron chi connectivity index (χ1n) is 6.77. The number of fused-ring (bicyclic) bond motifs is 1. The van der Waals surface area contributed by atoms with Gasteiger partial charge in [-0.25, -0.2) is 9.97 Å². The molecule has 1 aliphatic carbocycles. The van der Waals surface area contributed by atoms with Crippen molar-refractivity contribution in [3.8, 4) is 0 Å². The monoisotopic (exact) mass is 344 g/mol. The minimum Gasteiger partial charge on any atom is -0.366 e. The fourth-order valence-corrected chi connectivity index (χ4v) is 2.39. The number of rotatable bonds is 4. The van der Waals surface area contributed by atoms with Crippen LogP contribution in [0, 0.1) is 0 Å². The largest absolute Gasteiger partial charge is 0.366 e. The maximum absolute atomic E-state index is 4.50. The van der Waals surface area contributed by atoms with Crippen molar-refractivity contribution in [1.29, 1.82) is 0 Å². The van der Waals surface area contributed by atoms with Crippen LogP contribution < -0.4 is 10.6 Å². The van der Waals surface area contributed by atoms with Gasteiger partial charge in [-0.1, -0.05) is 0 Å². The van der Waals surface area contributed by atoms with Gasteiger partial charge in [0.05, 0.1) is 16.4 Å². The molecule has 3 N–H and O–H groups in total. The summed E-state index contributed by atoms with van der Waals surface area (Å²) in [4.78, 5) is 16.2. The lowest BCUT2D eigenvalue weighted by molar-refractivity contribution is 1.07. The third-order valence-corrected chi connectivity index (χ3v) is 3.90. The van der Waals surface area contributed by atoms with Gasteiger partial charge >= 0.3 is 0 Å². The van der Waals surface area contributed by atoms with Crippen LogP contribution in [0.15, 0.2) is 35.2 Å². The van der Waals surface area contributed by atoms with Crippen LogP contribution in [0.5, 0.6) is 0 Å². The highest BCUT2D eigenvalue weighted by molar-refractivity contribution is 9.10. The molecule has 0 atom stereocenters. The fraction of sp³-hybridized carbons (Fsp3) is 0.214. The Balaban J connectivity index is 1.60. The normalized spacial score (nSPS) is 14.3. The number of halogens is 1. The molecule has 7 heteroatoms. The van der Waals surface area contributed by atoms with Gasteiger partial charge in [0.15, 0.2) is 0 Å². The average molecular weight is 345 g/mol. The molecule has 1 aliphatic rings. The highest BCUT2D eigenvalue weighted by Crippen LogP contribution is 2.29. The van der Waals surface area contributed by atoms with E-state index in [1.807, 2.05) is 18.3 Å². The van der Waals surface area contributed by atoms with Gasteiger partial charge in [0.2, 0.25) is 5.95 Å². The Kier molecular flexibility index (Phi) is 2.99. The van der Waals surface area contributed by atoms with Gasteiger partial charge in [0.1, 0.15) is 11.5 Å². The summed E-state index contributed by atoms with van der Waals surface area (Å²) in [5.41, 5.74) is 1.73. The number of pyridine rings is 1. The molecule has 1 saturated carbocycles. The van der Waals surface area contributed by atoms with Crippen LogP contribution in [-0.4, -0.2) is 26.0 Å². The summed E-state index contributed by atoms with van der Waals surface area (Å²) in [6.07, 6.45) is 7.79. The molecule has 1 fully saturated rings. The number of hydrogen-bond donors (Lipinski definition) is 3. The Labute approximate surface area is 129 Å². The van der Waals surface area contributed by atoms with Gasteiger partial charge in [-0.3, -0.25) is 0 Å². The van der Waals surface area contributed by atoms with Gasteiger partial charge in [-0.2, -0.15) is 4.98 Å². The fourth-order valence-electron chi connectivity index (χ4n) is 2.09. The lowest BCUT2D eigenvalue weighted by Crippen LogP contribution is -2.06. The molecule has 0 radical (unpaired) electrons. The third kappa shape index (κ3) is 2.69. The number of aromatic nitrogens is 4. The van der Waals surface area contributed by atoms with Gasteiger partial charge in [0, 0.05) is 23.8 Å². The first-order valence-corrected chi connectivity index (χ1v) is 7.56. The van der Waals surface area contributed by atoms with Crippen LogP contribution in [0.3, 0.4) is 0 Å². The van der Waals surface area contributed by atoms with Gasteiger partial charge < -0.3 is 15.6 Å². The Morgan fingerprint density at radius 2 is 2.14 bits per heavy atom. The van der Waals surface area contributed by atoms with Crippen LogP contribution in [-0.2, 0) is 0 Å². The van der Waals surface area contributed by atoms with Crippen molar-refractivity contribution < 1.29 is 0 Å². The van der Waals surface area contributed by atoms with E-state index in [1.54, 1.807) is 12.4 Å². The maximum Gasteiger partial charge on any atom is 0.229 e. The summed E-state index contributed by atoms with van der Waals surface area (Å²) in [5, 5.41) is 7.61. The molecule has 0 bridgehead atoms. The molecule has 0 unspecified atom stereocenters. The molecule has 0 saturated heterocycles. The zero-order valence-electron chi connectivity index (χ0n) is 11.1. The molecule has 3 aromatic rings. The van der Waals surface area contributed by atoms with Crippen molar-refractivity contribution >= 4 is 44.4 Å². The lowest BCUT2D eigenvalue weighted by Gasteiger charge is -2.09. The summed E-state index contributed by atoms with van der Waals surface area (Å²) in [7, 11) is 0. The lowest BCUT2D eigenvalue weighted by atomic mass is 10.3. The minimum atomic E-state index is 0.543. The van der Waals surface area contributed by atoms with E-state index in [9.17, 15) is 0 Å². The van der Waals surface area contributed by atoms with E-state index in [-0.39, 0.29) is 0 Å². The van der Waals surface area contributed by atoms with E-state index in [4.69, 9.17) is 0 Å². The molecule has 21 heavy (non-hydrogen) atoms. The second kappa shape index (κ2) is 5.00. The van der Waals surface area contributed by atoms with E-state index in [0.29, 0.717) is 12.0 Å². The van der Waals surface area contributed by atoms with E-state index in [2.05, 4.69) is 46.5 Å². The van der Waals surface area contributed by atoms with Crippen LogP contribution >= 0.6 is 15.9 Å². The van der Waals surface area contributed by atoms with Gasteiger partial charge in [0.25, 0.3) is 0 Å². The molecule has 3 aromatic heterocycles. The van der Waals surface area contributed by atoms with Crippen molar-refractivity contribution in [2.24, 2.45) is 0 Å². The predicted octanol–water partition coefficient (Wildman–Crippen LogP) is 3.43. The molecule has 4 rings (SSSR count). The van der Waals surface area contributed by atoms with Crippen LogP contribution in [0.2, 0.25) is 0 Å². The molecule has 0 spiro atoms. The molecule has 0 aliphatic heterocycles. The highest BCUT2D eigenvalue weighted by atomic mass is 79.9. The number of hydrogen-bond acceptors (Lipinski definition) is 5. The smallest absolute Gasteiger partial charge is 0.229 e. The summed E-state index contributed by atoms with van der Waals surface area (Å²) < 4.78 is 0.874. The quantitative estimate of drug-likeness (QED) is 0.675. The maximum atomic E-state index is 4.50. The zero-order chi connectivity index (χ0) is 14.2. The van der Waals surface area contributed by atoms with E-state index in [0.717, 1.165) is 27.0 Å². The van der Waals surface area contributed by atoms with Gasteiger partial charge in [-0.05, 0) is 40.9 Å². The van der Waals surface area contributed by atoms with E-state index in [1.165, 1.54) is 12.8 Å². The minimum absolute atomic E-state index is 0.543. The molecular weight excluding hydrogens is 332 g/mol. The third-order valence-electron chi connectivity index (χ3n) is 3.32. The molecular formula is C14H13BrN6. The summed E-state index contributed by atoms with van der Waals surface area (Å²) in [6, 6.07) is 4.54. The van der Waals surface area contributed by atoms with Gasteiger partial charge in [-0.15, -0.1) is 0 Å². The van der Waals surface area contributed by atoms with Crippen molar-refractivity contribution in [3.63, 3.8) is 0 Å². The number of nitrogens with zero attached hydrogens (tertiary/aromatic N) is 3. The number of aromatic amines is 1. The average Bonchev–Trinajstić information content (AvgIpc) is 3.17. The summed E-state index contributed by atoms with van der Waals surface area (Å²) >= 11 is 3.47. The first kappa shape index (κ1) is 12.6. The topological polar surface area (TPSA) is 78.5 Å². The second-order valence-electron chi connectivity index (χ2n) is 5.07. The summed E-state index contributed by atoms with van der Waals surface area (Å²) in [6.45, 7) is 0. The van der Waals surface area contributed by atoms with Crippen LogP contribution in [0.1, 0.15) is 12.8 Å². The van der Waals surface area contributed by atoms with Crippen LogP contribution in [0.25, 0.3) is 11.0 Å². The Morgan fingerprint density at radius 3 is 3.00 bits per heavy atom. The Bertz CT molecular complexity index is 795. The standard InChI is InChI=1S/C14H13BrN6/c15-11-7-18-14(21-13(11)19-9-1-2-9)20-10-5-8-3-4-16-12(8)17-6-10/h3-7,9H,1-2H2,(H,16,17)(H2,18,19,20,21). The molecule has 0 amide bonds. The first-order chi connectivity index (χ1) is 10.3. The van der Waals surface area contributed by atoms with Crippen molar-refractivity contribution in [3.05, 3.63) is 35.2 Å². The number of anilines is 3. The van der Waals surface area contributed by atoms with Crippen LogP contribution in [0.4, 0.5) is 17.5 Å². The molecule has 6 nitrogen and oxygen atoms in total. The predicted molar refractivity (Wildman–Crippen MR) is 85.8 cm³/mol. The summed E-state index contributed by atoms with van der Waals surface area (Å²) in [5.74, 6) is 1.38. The second-order valence-corrected chi connectivity index (χ2v) is 5.93. The Hall–Kier alpha value is -2.15. The van der Waals surface area contributed by atoms with Crippen molar-refractivity contribution in [2.75, 3.05) is 10.6 Å². The number of H-pyrrole nitrogens is 1. The van der Waals surface area contributed by atoms with Crippen molar-refractivity contribution in [2.45, 2.75) is 18.9 Å². The Morgan fingerprint density at radius 1 is 1.24 bits per heavy atom.